The maximum absolute atomic E-state index is 13.6. The van der Waals surface area contributed by atoms with Crippen LogP contribution in [-0.4, -0.2) is 28.5 Å². The third kappa shape index (κ3) is 4.06. The molecule has 10 heteroatoms. The first-order chi connectivity index (χ1) is 13.6. The molecular formula is C18H13F2N3O4S. The minimum Gasteiger partial charge on any atom is -0.485 e. The van der Waals surface area contributed by atoms with Gasteiger partial charge in [-0.1, -0.05) is 23.9 Å². The number of ether oxygens (including phenoxy) is 2. The molecule has 2 aromatic carbocycles. The van der Waals surface area contributed by atoms with Crippen LogP contribution in [0.2, 0.25) is 0 Å². The second-order valence-corrected chi connectivity index (χ2v) is 6.66. The van der Waals surface area contributed by atoms with E-state index in [4.69, 9.17) is 13.9 Å². The lowest BCUT2D eigenvalue weighted by molar-refractivity contribution is -0.113. The number of para-hydroxylation sites is 2. The molecule has 4 rings (SSSR count). The van der Waals surface area contributed by atoms with Crippen molar-refractivity contribution in [1.29, 1.82) is 0 Å². The molecule has 1 aromatic heterocycles. The van der Waals surface area contributed by atoms with Crippen LogP contribution in [0, 0.1) is 11.6 Å². The highest BCUT2D eigenvalue weighted by molar-refractivity contribution is 7.99. The Labute approximate surface area is 162 Å². The molecule has 1 N–H and O–H groups in total. The molecule has 2 heterocycles. The Morgan fingerprint density at radius 2 is 2.00 bits per heavy atom. The van der Waals surface area contributed by atoms with E-state index in [-0.39, 0.29) is 29.2 Å². The van der Waals surface area contributed by atoms with Gasteiger partial charge in [-0.15, -0.1) is 10.2 Å². The summed E-state index contributed by atoms with van der Waals surface area (Å²) in [6.07, 6.45) is -0.557. The fraction of sp³-hybridized carbons (Fsp3) is 0.167. The first kappa shape index (κ1) is 18.2. The molecule has 1 aliphatic heterocycles. The van der Waals surface area contributed by atoms with Crippen LogP contribution in [0.3, 0.4) is 0 Å². The summed E-state index contributed by atoms with van der Waals surface area (Å²) >= 11 is 0.982. The van der Waals surface area contributed by atoms with Gasteiger partial charge in [-0.2, -0.15) is 0 Å². The van der Waals surface area contributed by atoms with Crippen LogP contribution >= 0.6 is 11.8 Å². The Kier molecular flexibility index (Phi) is 5.11. The number of carbonyl (C=O) groups is 1. The monoisotopic (exact) mass is 405 g/mol. The second kappa shape index (κ2) is 7.85. The van der Waals surface area contributed by atoms with Gasteiger partial charge >= 0.3 is 0 Å². The minimum atomic E-state index is -0.854. The smallest absolute Gasteiger partial charge is 0.277 e. The van der Waals surface area contributed by atoms with Crippen LogP contribution in [0.1, 0.15) is 12.0 Å². The van der Waals surface area contributed by atoms with Crippen molar-refractivity contribution in [2.75, 3.05) is 17.7 Å². The topological polar surface area (TPSA) is 86.5 Å². The first-order valence-corrected chi connectivity index (χ1v) is 9.16. The highest BCUT2D eigenvalue weighted by atomic mass is 32.2. The third-order valence-electron chi connectivity index (χ3n) is 3.74. The molecule has 0 fully saturated rings. The number of thioether (sulfide) groups is 1. The molecule has 0 unspecified atom stereocenters. The zero-order valence-electron chi connectivity index (χ0n) is 14.2. The molecular weight excluding hydrogens is 392 g/mol. The highest BCUT2D eigenvalue weighted by Crippen LogP contribution is 2.35. The van der Waals surface area contributed by atoms with E-state index in [1.54, 1.807) is 12.1 Å². The molecule has 0 bridgehead atoms. The summed E-state index contributed by atoms with van der Waals surface area (Å²) in [5, 5.41) is 10.3. The van der Waals surface area contributed by atoms with Crippen molar-refractivity contribution >= 4 is 23.4 Å². The second-order valence-electron chi connectivity index (χ2n) is 5.73. The van der Waals surface area contributed by atoms with Gasteiger partial charge < -0.3 is 19.2 Å². The lowest BCUT2D eigenvalue weighted by atomic mass is 10.2. The van der Waals surface area contributed by atoms with Gasteiger partial charge in [0.2, 0.25) is 12.0 Å². The van der Waals surface area contributed by atoms with Gasteiger partial charge in [-0.3, -0.25) is 4.79 Å². The normalized spacial score (nSPS) is 15.3. The summed E-state index contributed by atoms with van der Waals surface area (Å²) in [6.45, 7) is 0.216. The average molecular weight is 405 g/mol. The van der Waals surface area contributed by atoms with E-state index < -0.39 is 23.6 Å². The summed E-state index contributed by atoms with van der Waals surface area (Å²) in [6, 6.07) is 10.1. The molecule has 0 saturated heterocycles. The summed E-state index contributed by atoms with van der Waals surface area (Å²) in [5.41, 5.74) is -0.107. The lowest BCUT2D eigenvalue weighted by Crippen LogP contribution is -2.21. The number of hydrogen-bond donors (Lipinski definition) is 1. The zero-order valence-corrected chi connectivity index (χ0v) is 15.0. The van der Waals surface area contributed by atoms with Crippen molar-refractivity contribution in [3.8, 4) is 11.5 Å². The molecule has 7 nitrogen and oxygen atoms in total. The number of benzene rings is 2. The summed E-state index contributed by atoms with van der Waals surface area (Å²) in [7, 11) is 0. The summed E-state index contributed by atoms with van der Waals surface area (Å²) in [5.74, 6) is -0.732. The van der Waals surface area contributed by atoms with Gasteiger partial charge in [-0.25, -0.2) is 8.78 Å². The van der Waals surface area contributed by atoms with Crippen LogP contribution in [0.15, 0.2) is 52.1 Å². The number of hydrogen-bond acceptors (Lipinski definition) is 7. The molecule has 0 aliphatic carbocycles. The van der Waals surface area contributed by atoms with Gasteiger partial charge in [0, 0.05) is 6.07 Å². The van der Waals surface area contributed by atoms with Crippen LogP contribution < -0.4 is 14.8 Å². The van der Waals surface area contributed by atoms with Crippen LogP contribution in [-0.2, 0) is 4.79 Å². The number of anilines is 1. The van der Waals surface area contributed by atoms with Crippen molar-refractivity contribution in [3.63, 3.8) is 0 Å². The molecule has 1 aliphatic rings. The van der Waals surface area contributed by atoms with Gasteiger partial charge in [0.1, 0.15) is 18.2 Å². The fourth-order valence-corrected chi connectivity index (χ4v) is 3.02. The number of nitrogens with one attached hydrogen (secondary N) is 1. The van der Waals surface area contributed by atoms with E-state index in [1.807, 2.05) is 12.1 Å². The maximum atomic E-state index is 13.6. The van der Waals surface area contributed by atoms with E-state index in [1.165, 1.54) is 0 Å². The quantitative estimate of drug-likeness (QED) is 0.649. The van der Waals surface area contributed by atoms with Crippen molar-refractivity contribution in [2.24, 2.45) is 0 Å². The first-order valence-electron chi connectivity index (χ1n) is 8.18. The SMILES string of the molecule is O=C(CSc1nnc([C@H]2COc3ccccc3O2)o1)Nc1ccc(F)cc1F. The number of halogens is 2. The van der Waals surface area contributed by atoms with E-state index >= 15 is 0 Å². The van der Waals surface area contributed by atoms with Crippen LogP contribution in [0.25, 0.3) is 0 Å². The Morgan fingerprint density at radius 1 is 1.18 bits per heavy atom. The number of carbonyl (C=O) groups excluding carboxylic acids is 1. The Bertz CT molecular complexity index is 1010. The molecule has 144 valence electrons. The Balaban J connectivity index is 1.33. The molecule has 0 saturated carbocycles. The van der Waals surface area contributed by atoms with Crippen molar-refractivity contribution < 1.29 is 27.5 Å². The van der Waals surface area contributed by atoms with E-state index in [9.17, 15) is 13.6 Å². The number of amides is 1. The molecule has 1 amide bonds. The third-order valence-corrected chi connectivity index (χ3v) is 4.56. The Hall–Kier alpha value is -3.14. The predicted octanol–water partition coefficient (Wildman–Crippen LogP) is 3.59. The molecule has 1 atom stereocenters. The van der Waals surface area contributed by atoms with E-state index in [2.05, 4.69) is 15.5 Å². The van der Waals surface area contributed by atoms with Crippen LogP contribution in [0.5, 0.6) is 11.5 Å². The van der Waals surface area contributed by atoms with Gasteiger partial charge in [-0.05, 0) is 24.3 Å². The number of rotatable bonds is 5. The summed E-state index contributed by atoms with van der Waals surface area (Å²) < 4.78 is 43.3. The number of nitrogens with zero attached hydrogens (tertiary/aromatic N) is 2. The van der Waals surface area contributed by atoms with Gasteiger partial charge in [0.05, 0.1) is 11.4 Å². The van der Waals surface area contributed by atoms with Gasteiger partial charge in [0.15, 0.2) is 11.5 Å². The number of fused-ring (bicyclic) bond motifs is 1. The average Bonchev–Trinajstić information content (AvgIpc) is 3.17. The standard InChI is InChI=1S/C18H13F2N3O4S/c19-10-5-6-12(11(20)7-10)21-16(24)9-28-18-23-22-17(27-18)15-8-25-13-3-1-2-4-14(13)26-15/h1-7,15H,8-9H2,(H,21,24)/t15-/m1/s1. The van der Waals surface area contributed by atoms with Gasteiger partial charge in [0.25, 0.3) is 11.1 Å². The molecule has 28 heavy (non-hydrogen) atoms. The molecule has 0 spiro atoms. The lowest BCUT2D eigenvalue weighted by Gasteiger charge is -2.23. The van der Waals surface area contributed by atoms with Crippen molar-refractivity contribution in [3.05, 3.63) is 60.0 Å². The Morgan fingerprint density at radius 3 is 2.82 bits per heavy atom. The van der Waals surface area contributed by atoms with Crippen molar-refractivity contribution in [2.45, 2.75) is 11.3 Å². The highest BCUT2D eigenvalue weighted by Gasteiger charge is 2.27. The van der Waals surface area contributed by atoms with Crippen LogP contribution in [0.4, 0.5) is 14.5 Å². The van der Waals surface area contributed by atoms with Crippen molar-refractivity contribution in [1.82, 2.24) is 10.2 Å². The fourth-order valence-electron chi connectivity index (χ4n) is 2.45. The zero-order chi connectivity index (χ0) is 19.5. The molecule has 3 aromatic rings. The predicted molar refractivity (Wildman–Crippen MR) is 95.3 cm³/mol. The summed E-state index contributed by atoms with van der Waals surface area (Å²) in [4.78, 5) is 11.9. The maximum Gasteiger partial charge on any atom is 0.277 e. The number of aromatic nitrogens is 2. The van der Waals surface area contributed by atoms with E-state index in [0.29, 0.717) is 17.6 Å². The molecule has 0 radical (unpaired) electrons. The minimum absolute atomic E-state index is 0.0939. The largest absolute Gasteiger partial charge is 0.485 e. The van der Waals surface area contributed by atoms with E-state index in [0.717, 1.165) is 23.9 Å².